The molecular weight excluding hydrogens is 190 g/mol. The molecule has 0 fully saturated rings. The fraction of sp³-hybridized carbons (Fsp3) is 0.182. The van der Waals surface area contributed by atoms with Crippen LogP contribution in [0.2, 0.25) is 0 Å². The number of carbonyl (C=O) groups is 1. The Kier molecular flexibility index (Phi) is 3.58. The summed E-state index contributed by atoms with van der Waals surface area (Å²) >= 11 is 0. The van der Waals surface area contributed by atoms with E-state index in [1.54, 1.807) is 6.07 Å². The summed E-state index contributed by atoms with van der Waals surface area (Å²) in [5.74, 6) is -0.349. The Balaban J connectivity index is 2.85. The third-order valence-electron chi connectivity index (χ3n) is 1.87. The highest BCUT2D eigenvalue weighted by Gasteiger charge is 2.03. The zero-order valence-corrected chi connectivity index (χ0v) is 8.61. The minimum atomic E-state index is -0.349. The van der Waals surface area contributed by atoms with Crippen LogP contribution in [-0.4, -0.2) is 11.5 Å². The van der Waals surface area contributed by atoms with Crippen molar-refractivity contribution in [2.24, 2.45) is 5.10 Å². The number of nitrogens with zero attached hydrogens (tertiary/aromatic N) is 2. The quantitative estimate of drug-likeness (QED) is 0.599. The number of aryl methyl sites for hydroxylation is 1. The molecule has 0 amide bonds. The van der Waals surface area contributed by atoms with Crippen LogP contribution >= 0.6 is 0 Å². The number of hydrogen-bond donors (Lipinski definition) is 1. The SMILES string of the molecule is CC(=O)/C(C#N)=N/Nc1ccccc1C. The van der Waals surface area contributed by atoms with Gasteiger partial charge >= 0.3 is 0 Å². The number of hydrogen-bond acceptors (Lipinski definition) is 4. The minimum Gasteiger partial charge on any atom is -0.292 e. The number of nitriles is 1. The largest absolute Gasteiger partial charge is 0.292 e. The molecular formula is C11H11N3O. The number of anilines is 1. The average molecular weight is 201 g/mol. The van der Waals surface area contributed by atoms with Gasteiger partial charge in [0.05, 0.1) is 5.69 Å². The molecule has 1 N–H and O–H groups in total. The maximum absolute atomic E-state index is 10.9. The first-order valence-corrected chi connectivity index (χ1v) is 4.45. The van der Waals surface area contributed by atoms with Gasteiger partial charge < -0.3 is 0 Å². The first-order chi connectivity index (χ1) is 7.15. The lowest BCUT2D eigenvalue weighted by molar-refractivity contribution is -0.110. The molecule has 0 aliphatic heterocycles. The number of rotatable bonds is 3. The first kappa shape index (κ1) is 10.9. The van der Waals surface area contributed by atoms with Crippen molar-refractivity contribution in [2.45, 2.75) is 13.8 Å². The van der Waals surface area contributed by atoms with Crippen molar-refractivity contribution in [3.05, 3.63) is 29.8 Å². The normalized spacial score (nSPS) is 10.6. The number of Topliss-reactive ketones (excluding diaryl/α,β-unsaturated/α-hetero) is 1. The van der Waals surface area contributed by atoms with E-state index in [0.717, 1.165) is 11.3 Å². The van der Waals surface area contributed by atoms with Gasteiger partial charge in [0.15, 0.2) is 5.78 Å². The van der Waals surface area contributed by atoms with E-state index in [4.69, 9.17) is 5.26 Å². The van der Waals surface area contributed by atoms with Crippen LogP contribution in [0.5, 0.6) is 0 Å². The van der Waals surface area contributed by atoms with Crippen LogP contribution in [0.4, 0.5) is 5.69 Å². The Morgan fingerprint density at radius 1 is 1.47 bits per heavy atom. The molecule has 0 atom stereocenters. The van der Waals surface area contributed by atoms with E-state index >= 15 is 0 Å². The lowest BCUT2D eigenvalue weighted by Crippen LogP contribution is -2.09. The van der Waals surface area contributed by atoms with Gasteiger partial charge in [-0.1, -0.05) is 18.2 Å². The molecule has 1 aromatic rings. The molecule has 0 saturated carbocycles. The second kappa shape index (κ2) is 4.91. The van der Waals surface area contributed by atoms with Crippen LogP contribution in [0.25, 0.3) is 0 Å². The number of carbonyl (C=O) groups excluding carboxylic acids is 1. The molecule has 0 heterocycles. The molecule has 0 bridgehead atoms. The predicted octanol–water partition coefficient (Wildman–Crippen LogP) is 1.88. The molecule has 0 aromatic heterocycles. The van der Waals surface area contributed by atoms with Crippen molar-refractivity contribution in [1.82, 2.24) is 0 Å². The van der Waals surface area contributed by atoms with Crippen molar-refractivity contribution in [3.63, 3.8) is 0 Å². The minimum absolute atomic E-state index is 0.127. The van der Waals surface area contributed by atoms with Gasteiger partial charge in [0.1, 0.15) is 6.07 Å². The van der Waals surface area contributed by atoms with Crippen molar-refractivity contribution in [2.75, 3.05) is 5.43 Å². The number of benzene rings is 1. The average Bonchev–Trinajstić information content (AvgIpc) is 2.21. The number of hydrazone groups is 1. The molecule has 0 radical (unpaired) electrons. The highest BCUT2D eigenvalue weighted by Crippen LogP contribution is 2.12. The van der Waals surface area contributed by atoms with Crippen LogP contribution in [0.15, 0.2) is 29.4 Å². The highest BCUT2D eigenvalue weighted by molar-refractivity contribution is 6.45. The van der Waals surface area contributed by atoms with Crippen LogP contribution in [0.1, 0.15) is 12.5 Å². The third-order valence-corrected chi connectivity index (χ3v) is 1.87. The molecule has 15 heavy (non-hydrogen) atoms. The standard InChI is InChI=1S/C11H11N3O/c1-8-5-3-4-6-10(8)13-14-11(7-12)9(2)15/h3-6,13H,1-2H3/b14-11+. The summed E-state index contributed by atoms with van der Waals surface area (Å²) in [6.45, 7) is 3.22. The molecule has 1 aromatic carbocycles. The number of nitrogens with one attached hydrogen (secondary N) is 1. The number of para-hydroxylation sites is 1. The van der Waals surface area contributed by atoms with Crippen LogP contribution in [0, 0.1) is 18.3 Å². The van der Waals surface area contributed by atoms with Gasteiger partial charge in [-0.05, 0) is 18.6 Å². The summed E-state index contributed by atoms with van der Waals surface area (Å²) in [6.07, 6.45) is 0. The number of ketones is 1. The maximum Gasteiger partial charge on any atom is 0.203 e. The molecule has 4 nitrogen and oxygen atoms in total. The van der Waals surface area contributed by atoms with Gasteiger partial charge in [0, 0.05) is 6.92 Å². The third kappa shape index (κ3) is 2.92. The zero-order chi connectivity index (χ0) is 11.3. The van der Waals surface area contributed by atoms with E-state index in [1.807, 2.05) is 31.2 Å². The van der Waals surface area contributed by atoms with Crippen LogP contribution in [0.3, 0.4) is 0 Å². The smallest absolute Gasteiger partial charge is 0.203 e. The summed E-state index contributed by atoms with van der Waals surface area (Å²) in [6, 6.07) is 9.23. The molecule has 0 aliphatic rings. The highest BCUT2D eigenvalue weighted by atomic mass is 16.1. The Labute approximate surface area is 88.2 Å². The Hall–Kier alpha value is -2.15. The zero-order valence-electron chi connectivity index (χ0n) is 8.61. The summed E-state index contributed by atoms with van der Waals surface area (Å²) in [5, 5.41) is 12.3. The second-order valence-corrected chi connectivity index (χ2v) is 3.06. The Morgan fingerprint density at radius 3 is 2.67 bits per heavy atom. The Morgan fingerprint density at radius 2 is 2.13 bits per heavy atom. The molecule has 0 aliphatic carbocycles. The molecule has 76 valence electrons. The summed E-state index contributed by atoms with van der Waals surface area (Å²) < 4.78 is 0. The lowest BCUT2D eigenvalue weighted by Gasteiger charge is -2.03. The van der Waals surface area contributed by atoms with Crippen LogP contribution in [-0.2, 0) is 4.79 Å². The van der Waals surface area contributed by atoms with E-state index in [2.05, 4.69) is 10.5 Å². The van der Waals surface area contributed by atoms with Crippen molar-refractivity contribution in [1.29, 1.82) is 5.26 Å². The van der Waals surface area contributed by atoms with Gasteiger partial charge in [-0.25, -0.2) is 0 Å². The van der Waals surface area contributed by atoms with E-state index in [0.29, 0.717) is 0 Å². The van der Waals surface area contributed by atoms with Gasteiger partial charge in [0.2, 0.25) is 5.71 Å². The summed E-state index contributed by atoms with van der Waals surface area (Å²) in [5.41, 5.74) is 4.35. The monoisotopic (exact) mass is 201 g/mol. The van der Waals surface area contributed by atoms with Crippen molar-refractivity contribution < 1.29 is 4.79 Å². The van der Waals surface area contributed by atoms with Crippen LogP contribution < -0.4 is 5.43 Å². The topological polar surface area (TPSA) is 65.2 Å². The van der Waals surface area contributed by atoms with Crippen molar-refractivity contribution in [3.8, 4) is 6.07 Å². The molecule has 1 rings (SSSR count). The Bertz CT molecular complexity index is 443. The van der Waals surface area contributed by atoms with Gasteiger partial charge in [-0.3, -0.25) is 10.2 Å². The van der Waals surface area contributed by atoms with Gasteiger partial charge in [0.25, 0.3) is 0 Å². The molecule has 0 spiro atoms. The maximum atomic E-state index is 10.9. The van der Waals surface area contributed by atoms with Gasteiger partial charge in [-0.15, -0.1) is 0 Å². The van der Waals surface area contributed by atoms with E-state index in [9.17, 15) is 4.79 Å². The molecule has 0 unspecified atom stereocenters. The lowest BCUT2D eigenvalue weighted by atomic mass is 10.2. The second-order valence-electron chi connectivity index (χ2n) is 3.06. The summed E-state index contributed by atoms with van der Waals surface area (Å²) in [4.78, 5) is 10.9. The fourth-order valence-corrected chi connectivity index (χ4v) is 0.997. The van der Waals surface area contributed by atoms with Gasteiger partial charge in [-0.2, -0.15) is 10.4 Å². The summed E-state index contributed by atoms with van der Waals surface area (Å²) in [7, 11) is 0. The molecule has 0 saturated heterocycles. The van der Waals surface area contributed by atoms with E-state index in [1.165, 1.54) is 6.92 Å². The van der Waals surface area contributed by atoms with Crippen molar-refractivity contribution >= 4 is 17.2 Å². The first-order valence-electron chi connectivity index (χ1n) is 4.45. The predicted molar refractivity (Wildman–Crippen MR) is 58.5 cm³/mol. The molecule has 4 heteroatoms. The van der Waals surface area contributed by atoms with E-state index < -0.39 is 0 Å². The van der Waals surface area contributed by atoms with E-state index in [-0.39, 0.29) is 11.5 Å². The fourth-order valence-electron chi connectivity index (χ4n) is 0.997.